The van der Waals surface area contributed by atoms with E-state index in [2.05, 4.69) is 6.92 Å². The Kier molecular flexibility index (Phi) is 4.09. The van der Waals surface area contributed by atoms with Gasteiger partial charge in [0, 0.05) is 35.7 Å². The Hall–Kier alpha value is -1.56. The van der Waals surface area contributed by atoms with Crippen molar-refractivity contribution in [2.45, 2.75) is 19.1 Å². The zero-order valence-electron chi connectivity index (χ0n) is 11.0. The molecule has 19 heavy (non-hydrogen) atoms. The van der Waals surface area contributed by atoms with E-state index in [1.165, 1.54) is 13.0 Å². The van der Waals surface area contributed by atoms with Gasteiger partial charge in [0.05, 0.1) is 4.92 Å². The number of nitro groups is 1. The molecule has 1 fully saturated rings. The lowest BCUT2D eigenvalue weighted by atomic mass is 10.1. The van der Waals surface area contributed by atoms with Gasteiger partial charge in [-0.3, -0.25) is 14.9 Å². The standard InChI is InChI=1S/C13H16N2O3S/c1-9-8-14(5-6-19-9)12-4-3-11(10(2)16)7-13(12)15(17)18/h3-4,7,9H,5-6,8H2,1-2H3. The number of hydrogen-bond acceptors (Lipinski definition) is 5. The van der Waals surface area contributed by atoms with Crippen LogP contribution in [0.3, 0.4) is 0 Å². The van der Waals surface area contributed by atoms with E-state index in [1.54, 1.807) is 12.1 Å². The maximum Gasteiger partial charge on any atom is 0.293 e. The average Bonchev–Trinajstić information content (AvgIpc) is 2.37. The van der Waals surface area contributed by atoms with E-state index in [9.17, 15) is 14.9 Å². The number of rotatable bonds is 3. The highest BCUT2D eigenvalue weighted by Crippen LogP contribution is 2.32. The monoisotopic (exact) mass is 280 g/mol. The summed E-state index contributed by atoms with van der Waals surface area (Å²) in [6.07, 6.45) is 0. The number of ketones is 1. The normalized spacial score (nSPS) is 19.3. The zero-order chi connectivity index (χ0) is 14.0. The highest BCUT2D eigenvalue weighted by molar-refractivity contribution is 8.00. The molecule has 1 aromatic rings. The lowest BCUT2D eigenvalue weighted by Crippen LogP contribution is -2.37. The molecule has 0 spiro atoms. The number of carbonyl (C=O) groups is 1. The van der Waals surface area contributed by atoms with Gasteiger partial charge in [0.2, 0.25) is 0 Å². The highest BCUT2D eigenvalue weighted by atomic mass is 32.2. The van der Waals surface area contributed by atoms with E-state index in [4.69, 9.17) is 0 Å². The van der Waals surface area contributed by atoms with Gasteiger partial charge in [-0.05, 0) is 19.1 Å². The Labute approximate surface area is 116 Å². The molecule has 1 unspecified atom stereocenters. The van der Waals surface area contributed by atoms with Gasteiger partial charge in [-0.1, -0.05) is 6.92 Å². The minimum atomic E-state index is -0.409. The third-order valence-corrected chi connectivity index (χ3v) is 4.30. The van der Waals surface area contributed by atoms with E-state index < -0.39 is 4.92 Å². The van der Waals surface area contributed by atoms with Crippen LogP contribution in [0, 0.1) is 10.1 Å². The summed E-state index contributed by atoms with van der Waals surface area (Å²) >= 11 is 1.87. The summed E-state index contributed by atoms with van der Waals surface area (Å²) in [6.45, 7) is 5.13. The second-order valence-electron chi connectivity index (χ2n) is 4.64. The van der Waals surface area contributed by atoms with Gasteiger partial charge in [0.15, 0.2) is 5.78 Å². The summed E-state index contributed by atoms with van der Waals surface area (Å²) in [5.74, 6) is 0.810. The van der Waals surface area contributed by atoms with Crippen molar-refractivity contribution in [1.29, 1.82) is 0 Å². The highest BCUT2D eigenvalue weighted by Gasteiger charge is 2.24. The predicted molar refractivity (Wildman–Crippen MR) is 77.2 cm³/mol. The minimum Gasteiger partial charge on any atom is -0.364 e. The number of anilines is 1. The van der Waals surface area contributed by atoms with Crippen molar-refractivity contribution in [3.05, 3.63) is 33.9 Å². The fourth-order valence-electron chi connectivity index (χ4n) is 2.19. The van der Waals surface area contributed by atoms with Crippen LogP contribution in [0.25, 0.3) is 0 Å². The molecule has 0 radical (unpaired) electrons. The second kappa shape index (κ2) is 5.61. The lowest BCUT2D eigenvalue weighted by Gasteiger charge is -2.32. The maximum absolute atomic E-state index is 11.3. The summed E-state index contributed by atoms with van der Waals surface area (Å²) in [7, 11) is 0. The first-order valence-corrected chi connectivity index (χ1v) is 7.20. The van der Waals surface area contributed by atoms with Gasteiger partial charge >= 0.3 is 0 Å². The Morgan fingerprint density at radius 1 is 1.53 bits per heavy atom. The third-order valence-electron chi connectivity index (χ3n) is 3.16. The van der Waals surface area contributed by atoms with E-state index in [0.29, 0.717) is 16.5 Å². The molecule has 0 bridgehead atoms. The molecule has 0 aliphatic carbocycles. The van der Waals surface area contributed by atoms with Crippen LogP contribution in [0.2, 0.25) is 0 Å². The smallest absolute Gasteiger partial charge is 0.293 e. The van der Waals surface area contributed by atoms with E-state index in [1.807, 2.05) is 16.7 Å². The number of carbonyl (C=O) groups excluding carboxylic acids is 1. The Bertz CT molecular complexity index is 519. The van der Waals surface area contributed by atoms with Gasteiger partial charge in [0.25, 0.3) is 5.69 Å². The van der Waals surface area contributed by atoms with Crippen LogP contribution in [0.1, 0.15) is 24.2 Å². The fraction of sp³-hybridized carbons (Fsp3) is 0.462. The molecule has 1 aliphatic rings. The van der Waals surface area contributed by atoms with Crippen molar-refractivity contribution in [3.8, 4) is 0 Å². The molecule has 0 saturated carbocycles. The van der Waals surface area contributed by atoms with Crippen molar-refractivity contribution in [2.24, 2.45) is 0 Å². The van der Waals surface area contributed by atoms with Crippen molar-refractivity contribution < 1.29 is 9.72 Å². The van der Waals surface area contributed by atoms with E-state index >= 15 is 0 Å². The number of benzene rings is 1. The van der Waals surface area contributed by atoms with Gasteiger partial charge < -0.3 is 4.90 Å². The molecule has 5 nitrogen and oxygen atoms in total. The summed E-state index contributed by atoms with van der Waals surface area (Å²) in [4.78, 5) is 24.1. The number of hydrogen-bond donors (Lipinski definition) is 0. The largest absolute Gasteiger partial charge is 0.364 e. The molecule has 1 atom stereocenters. The molecule has 1 aromatic carbocycles. The minimum absolute atomic E-state index is 0.0202. The van der Waals surface area contributed by atoms with Crippen LogP contribution < -0.4 is 4.90 Å². The first kappa shape index (κ1) is 13.9. The molecule has 0 N–H and O–H groups in total. The number of thioether (sulfide) groups is 1. The molecule has 0 aromatic heterocycles. The molecule has 1 aliphatic heterocycles. The van der Waals surface area contributed by atoms with E-state index in [-0.39, 0.29) is 11.5 Å². The second-order valence-corrected chi connectivity index (χ2v) is 6.19. The van der Waals surface area contributed by atoms with Gasteiger partial charge in [-0.25, -0.2) is 0 Å². The average molecular weight is 280 g/mol. The maximum atomic E-state index is 11.3. The van der Waals surface area contributed by atoms with Crippen LogP contribution in [0.15, 0.2) is 18.2 Å². The van der Waals surface area contributed by atoms with Gasteiger partial charge in [0.1, 0.15) is 5.69 Å². The van der Waals surface area contributed by atoms with Gasteiger partial charge in [-0.15, -0.1) is 0 Å². The molecular formula is C13H16N2O3S. The Morgan fingerprint density at radius 2 is 2.26 bits per heavy atom. The van der Waals surface area contributed by atoms with Gasteiger partial charge in [-0.2, -0.15) is 11.8 Å². The molecule has 0 amide bonds. The summed E-state index contributed by atoms with van der Waals surface area (Å²) < 4.78 is 0. The van der Waals surface area contributed by atoms with E-state index in [0.717, 1.165) is 18.8 Å². The fourth-order valence-corrected chi connectivity index (χ4v) is 3.21. The van der Waals surface area contributed by atoms with Crippen LogP contribution in [0.5, 0.6) is 0 Å². The first-order chi connectivity index (χ1) is 8.99. The summed E-state index contributed by atoms with van der Waals surface area (Å²) in [5, 5.41) is 11.6. The molecular weight excluding hydrogens is 264 g/mol. The molecule has 1 heterocycles. The van der Waals surface area contributed by atoms with Crippen LogP contribution in [-0.2, 0) is 0 Å². The number of nitrogens with zero attached hydrogens (tertiary/aromatic N) is 2. The number of nitro benzene ring substituents is 1. The SMILES string of the molecule is CC(=O)c1ccc(N2CCSC(C)C2)c([N+](=O)[O-])c1. The van der Waals surface area contributed by atoms with Crippen molar-refractivity contribution in [3.63, 3.8) is 0 Å². The quantitative estimate of drug-likeness (QED) is 0.484. The first-order valence-electron chi connectivity index (χ1n) is 6.15. The van der Waals surface area contributed by atoms with Crippen molar-refractivity contribution in [2.75, 3.05) is 23.7 Å². The topological polar surface area (TPSA) is 63.5 Å². The molecule has 2 rings (SSSR count). The van der Waals surface area contributed by atoms with Crippen LogP contribution >= 0.6 is 11.8 Å². The van der Waals surface area contributed by atoms with Crippen LogP contribution in [-0.4, -0.2) is 34.8 Å². The zero-order valence-corrected chi connectivity index (χ0v) is 11.8. The van der Waals surface area contributed by atoms with Crippen molar-refractivity contribution >= 4 is 28.9 Å². The molecule has 6 heteroatoms. The van der Waals surface area contributed by atoms with Crippen LogP contribution in [0.4, 0.5) is 11.4 Å². The summed E-state index contributed by atoms with van der Waals surface area (Å²) in [5.41, 5.74) is 1.02. The molecule has 1 saturated heterocycles. The van der Waals surface area contributed by atoms with Crippen molar-refractivity contribution in [1.82, 2.24) is 0 Å². The third kappa shape index (κ3) is 3.07. The Morgan fingerprint density at radius 3 is 2.84 bits per heavy atom. The summed E-state index contributed by atoms with van der Waals surface area (Å²) in [6, 6.07) is 4.73. The lowest BCUT2D eigenvalue weighted by molar-refractivity contribution is -0.384. The molecule has 102 valence electrons. The number of Topliss-reactive ketones (excluding diaryl/α,β-unsaturated/α-hetero) is 1. The Balaban J connectivity index is 2.38. The predicted octanol–water partition coefficient (Wildman–Crippen LogP) is 2.74.